The van der Waals surface area contributed by atoms with Gasteiger partial charge in [0.1, 0.15) is 5.76 Å². The van der Waals surface area contributed by atoms with Gasteiger partial charge in [-0.05, 0) is 41.8 Å². The molecule has 0 aromatic heterocycles. The van der Waals surface area contributed by atoms with E-state index in [0.717, 1.165) is 57.1 Å². The third-order valence-corrected chi connectivity index (χ3v) is 4.70. The smallest absolute Gasteiger partial charge is 0.310 e. The van der Waals surface area contributed by atoms with Crippen molar-refractivity contribution in [3.05, 3.63) is 21.5 Å². The zero-order valence-electron chi connectivity index (χ0n) is 14.8. The van der Waals surface area contributed by atoms with Gasteiger partial charge in [-0.15, -0.1) is 0 Å². The van der Waals surface area contributed by atoms with Gasteiger partial charge in [0.15, 0.2) is 0 Å². The third kappa shape index (κ3) is 7.81. The molecule has 0 aliphatic heterocycles. The van der Waals surface area contributed by atoms with E-state index in [4.69, 9.17) is 4.74 Å². The van der Waals surface area contributed by atoms with Crippen molar-refractivity contribution in [1.29, 1.82) is 0 Å². The van der Waals surface area contributed by atoms with E-state index >= 15 is 0 Å². The minimum absolute atomic E-state index is 0.109. The van der Waals surface area contributed by atoms with E-state index in [1.807, 2.05) is 6.92 Å². The first-order valence-corrected chi connectivity index (χ1v) is 10.1. The molecular weight excluding hydrogens is 419 g/mol. The van der Waals surface area contributed by atoms with Crippen LogP contribution in [0.2, 0.25) is 0 Å². The molecule has 1 rings (SSSR count). The van der Waals surface area contributed by atoms with Crippen molar-refractivity contribution < 1.29 is 19.1 Å². The second-order valence-corrected chi connectivity index (χ2v) is 6.85. The zero-order valence-corrected chi connectivity index (χ0v) is 17.0. The second kappa shape index (κ2) is 12.5. The molecule has 5 heteroatoms. The Bertz CT molecular complexity index is 468. The molecule has 1 aliphatic rings. The SMILES string of the molecule is CCCC(=O)OC1=C(CCCCCCC(=O)OC)C(/C=C/I)CC1. The van der Waals surface area contributed by atoms with Gasteiger partial charge in [0.2, 0.25) is 0 Å². The number of carbonyl (C=O) groups is 2. The summed E-state index contributed by atoms with van der Waals surface area (Å²) in [6.45, 7) is 1.99. The van der Waals surface area contributed by atoms with Gasteiger partial charge in [0, 0.05) is 25.2 Å². The molecule has 0 aromatic rings. The fraction of sp³-hybridized carbons (Fsp3) is 0.684. The molecule has 0 fully saturated rings. The fourth-order valence-corrected chi connectivity index (χ4v) is 3.50. The molecule has 0 spiro atoms. The van der Waals surface area contributed by atoms with Crippen LogP contribution in [0.4, 0.5) is 0 Å². The van der Waals surface area contributed by atoms with Crippen molar-refractivity contribution in [1.82, 2.24) is 0 Å². The quantitative estimate of drug-likeness (QED) is 0.240. The van der Waals surface area contributed by atoms with Gasteiger partial charge in [0.25, 0.3) is 0 Å². The number of carbonyl (C=O) groups excluding carboxylic acids is 2. The Labute approximate surface area is 159 Å². The van der Waals surface area contributed by atoms with Gasteiger partial charge in [-0.1, -0.05) is 48.4 Å². The minimum Gasteiger partial charge on any atom is -0.469 e. The van der Waals surface area contributed by atoms with E-state index in [-0.39, 0.29) is 11.9 Å². The standard InChI is InChI=1S/C19H29IO4/c1-3-8-19(22)24-17-12-11-15(13-14-20)16(17)9-6-4-5-7-10-18(21)23-2/h13-15H,3-12H2,1-2H3/b14-13+. The average molecular weight is 448 g/mol. The molecule has 0 heterocycles. The monoisotopic (exact) mass is 448 g/mol. The van der Waals surface area contributed by atoms with E-state index in [1.165, 1.54) is 12.7 Å². The van der Waals surface area contributed by atoms with Crippen molar-refractivity contribution >= 4 is 34.5 Å². The predicted molar refractivity (Wildman–Crippen MR) is 104 cm³/mol. The third-order valence-electron chi connectivity index (χ3n) is 4.29. The highest BCUT2D eigenvalue weighted by Crippen LogP contribution is 2.37. The maximum absolute atomic E-state index is 11.8. The summed E-state index contributed by atoms with van der Waals surface area (Å²) >= 11 is 2.24. The number of unbranched alkanes of at least 4 members (excludes halogenated alkanes) is 3. The summed E-state index contributed by atoms with van der Waals surface area (Å²) in [5.74, 6) is 1.07. The van der Waals surface area contributed by atoms with Crippen LogP contribution in [0.1, 0.15) is 71.1 Å². The number of ether oxygens (including phenoxy) is 2. The molecule has 0 saturated carbocycles. The Morgan fingerprint density at radius 3 is 2.58 bits per heavy atom. The van der Waals surface area contributed by atoms with Gasteiger partial charge in [0.05, 0.1) is 7.11 Å². The van der Waals surface area contributed by atoms with Gasteiger partial charge in [-0.2, -0.15) is 0 Å². The van der Waals surface area contributed by atoms with Gasteiger partial charge in [-0.3, -0.25) is 9.59 Å². The molecule has 0 aromatic carbocycles. The van der Waals surface area contributed by atoms with Crippen LogP contribution in [0.3, 0.4) is 0 Å². The van der Waals surface area contributed by atoms with E-state index < -0.39 is 0 Å². The normalized spacial score (nSPS) is 17.5. The first-order chi connectivity index (χ1) is 11.6. The Hall–Kier alpha value is -0.850. The molecule has 136 valence electrons. The highest BCUT2D eigenvalue weighted by atomic mass is 127. The van der Waals surface area contributed by atoms with Crippen molar-refractivity contribution in [2.75, 3.05) is 7.11 Å². The lowest BCUT2D eigenvalue weighted by atomic mass is 9.96. The lowest BCUT2D eigenvalue weighted by Gasteiger charge is -2.12. The number of esters is 2. The molecule has 0 saturated heterocycles. The van der Waals surface area contributed by atoms with Crippen LogP contribution in [0, 0.1) is 5.92 Å². The summed E-state index contributed by atoms with van der Waals surface area (Å²) in [6.07, 6.45) is 10.9. The summed E-state index contributed by atoms with van der Waals surface area (Å²) < 4.78 is 12.3. The maximum atomic E-state index is 11.8. The van der Waals surface area contributed by atoms with Crippen molar-refractivity contribution in [2.24, 2.45) is 5.92 Å². The van der Waals surface area contributed by atoms with Crippen LogP contribution in [-0.2, 0) is 19.1 Å². The van der Waals surface area contributed by atoms with Crippen molar-refractivity contribution in [3.8, 4) is 0 Å². The van der Waals surface area contributed by atoms with Crippen molar-refractivity contribution in [2.45, 2.75) is 71.1 Å². The Morgan fingerprint density at radius 2 is 1.92 bits per heavy atom. The first-order valence-electron chi connectivity index (χ1n) is 8.88. The molecule has 4 nitrogen and oxygen atoms in total. The Kier molecular flexibility index (Phi) is 11.0. The number of hydrogen-bond acceptors (Lipinski definition) is 4. The van der Waals surface area contributed by atoms with E-state index in [2.05, 4.69) is 37.5 Å². The Morgan fingerprint density at radius 1 is 1.17 bits per heavy atom. The topological polar surface area (TPSA) is 52.6 Å². The first kappa shape index (κ1) is 21.2. The van der Waals surface area contributed by atoms with Crippen LogP contribution in [-0.4, -0.2) is 19.0 Å². The van der Waals surface area contributed by atoms with Gasteiger partial charge < -0.3 is 9.47 Å². The van der Waals surface area contributed by atoms with Gasteiger partial charge >= 0.3 is 11.9 Å². The number of methoxy groups -OCH3 is 1. The molecule has 1 aliphatic carbocycles. The number of halogens is 1. The summed E-state index contributed by atoms with van der Waals surface area (Å²) in [4.78, 5) is 22.9. The maximum Gasteiger partial charge on any atom is 0.310 e. The van der Waals surface area contributed by atoms with Crippen LogP contribution in [0.5, 0.6) is 0 Å². The molecular formula is C19H29IO4. The molecule has 1 unspecified atom stereocenters. The number of rotatable bonds is 11. The molecule has 1 atom stereocenters. The molecule has 0 bridgehead atoms. The minimum atomic E-state index is -0.133. The lowest BCUT2D eigenvalue weighted by Crippen LogP contribution is -2.05. The van der Waals surface area contributed by atoms with Crippen LogP contribution >= 0.6 is 22.6 Å². The average Bonchev–Trinajstić information content (AvgIpc) is 2.93. The van der Waals surface area contributed by atoms with E-state index in [0.29, 0.717) is 18.8 Å². The Balaban J connectivity index is 2.47. The van der Waals surface area contributed by atoms with E-state index in [1.54, 1.807) is 0 Å². The molecule has 0 amide bonds. The predicted octanol–water partition coefficient (Wildman–Crippen LogP) is 5.46. The lowest BCUT2D eigenvalue weighted by molar-refractivity contribution is -0.141. The molecule has 0 N–H and O–H groups in total. The second-order valence-electron chi connectivity index (χ2n) is 6.13. The van der Waals surface area contributed by atoms with Gasteiger partial charge in [-0.25, -0.2) is 0 Å². The summed E-state index contributed by atoms with van der Waals surface area (Å²) in [5, 5.41) is 0. The summed E-state index contributed by atoms with van der Waals surface area (Å²) in [6, 6.07) is 0. The van der Waals surface area contributed by atoms with Crippen LogP contribution < -0.4 is 0 Å². The highest BCUT2D eigenvalue weighted by Gasteiger charge is 2.25. The van der Waals surface area contributed by atoms with Crippen LogP contribution in [0.25, 0.3) is 0 Å². The van der Waals surface area contributed by atoms with Crippen LogP contribution in [0.15, 0.2) is 21.5 Å². The fourth-order valence-electron chi connectivity index (χ4n) is 3.00. The largest absolute Gasteiger partial charge is 0.469 e. The molecule has 0 radical (unpaired) electrons. The summed E-state index contributed by atoms with van der Waals surface area (Å²) in [7, 11) is 1.43. The number of hydrogen-bond donors (Lipinski definition) is 0. The molecule has 24 heavy (non-hydrogen) atoms. The summed E-state index contributed by atoms with van der Waals surface area (Å²) in [5.41, 5.74) is 1.29. The highest BCUT2D eigenvalue weighted by molar-refractivity contribution is 14.1. The van der Waals surface area contributed by atoms with Crippen molar-refractivity contribution in [3.63, 3.8) is 0 Å². The van der Waals surface area contributed by atoms with E-state index in [9.17, 15) is 9.59 Å². The zero-order chi connectivity index (χ0) is 17.8. The number of allylic oxidation sites excluding steroid dienone is 3.